The standard InChI is InChI=1S/C24H27N3O4/c1-24(29,16-26(2)3)19-9-10-21-18(13-19)15-27(11-12-30-21)23(28)20-14-22(31-25-20)17-7-5-4-6-8-17/h4-10,13-14,29H,11-12,15-16H2,1-3H3. The highest BCUT2D eigenvalue weighted by Gasteiger charge is 2.28. The largest absolute Gasteiger partial charge is 0.491 e. The number of hydrogen-bond acceptors (Lipinski definition) is 6. The van der Waals surface area contributed by atoms with Crippen LogP contribution in [0.4, 0.5) is 0 Å². The Morgan fingerprint density at radius 2 is 1.97 bits per heavy atom. The molecule has 1 unspecified atom stereocenters. The van der Waals surface area contributed by atoms with Crippen molar-refractivity contribution >= 4 is 5.91 Å². The van der Waals surface area contributed by atoms with E-state index in [9.17, 15) is 9.90 Å². The van der Waals surface area contributed by atoms with Crippen molar-refractivity contribution in [2.45, 2.75) is 19.1 Å². The van der Waals surface area contributed by atoms with Crippen molar-refractivity contribution in [3.63, 3.8) is 0 Å². The average molecular weight is 421 g/mol. The fourth-order valence-corrected chi connectivity index (χ4v) is 3.89. The molecule has 0 bridgehead atoms. The molecule has 3 aromatic rings. The van der Waals surface area contributed by atoms with E-state index in [1.54, 1.807) is 17.9 Å². The molecule has 7 heteroatoms. The number of benzene rings is 2. The summed E-state index contributed by atoms with van der Waals surface area (Å²) in [6, 6.07) is 16.9. The van der Waals surface area contributed by atoms with Gasteiger partial charge in [0.05, 0.1) is 12.1 Å². The molecular formula is C24H27N3O4. The molecule has 162 valence electrons. The molecule has 31 heavy (non-hydrogen) atoms. The molecule has 1 N–H and O–H groups in total. The minimum atomic E-state index is -1.02. The number of carbonyl (C=O) groups is 1. The Morgan fingerprint density at radius 1 is 1.19 bits per heavy atom. The molecule has 7 nitrogen and oxygen atoms in total. The van der Waals surface area contributed by atoms with Crippen LogP contribution in [-0.4, -0.2) is 59.8 Å². The topological polar surface area (TPSA) is 79.0 Å². The quantitative estimate of drug-likeness (QED) is 0.682. The van der Waals surface area contributed by atoms with Crippen LogP contribution in [0.2, 0.25) is 0 Å². The summed E-state index contributed by atoms with van der Waals surface area (Å²) in [4.78, 5) is 16.8. The Hall–Kier alpha value is -3.16. The van der Waals surface area contributed by atoms with Crippen molar-refractivity contribution in [3.8, 4) is 17.1 Å². The molecule has 1 atom stereocenters. The van der Waals surface area contributed by atoms with Crippen LogP contribution in [0.3, 0.4) is 0 Å². The normalized spacial score (nSPS) is 15.7. The Morgan fingerprint density at radius 3 is 2.71 bits per heavy atom. The van der Waals surface area contributed by atoms with Gasteiger partial charge < -0.3 is 24.2 Å². The highest BCUT2D eigenvalue weighted by atomic mass is 16.5. The molecule has 0 saturated carbocycles. The molecule has 1 aromatic heterocycles. The van der Waals surface area contributed by atoms with Crippen LogP contribution in [0.5, 0.6) is 5.75 Å². The lowest BCUT2D eigenvalue weighted by atomic mass is 9.93. The van der Waals surface area contributed by atoms with Gasteiger partial charge >= 0.3 is 0 Å². The minimum absolute atomic E-state index is 0.215. The van der Waals surface area contributed by atoms with Crippen LogP contribution in [-0.2, 0) is 12.1 Å². The van der Waals surface area contributed by atoms with E-state index in [2.05, 4.69) is 5.16 Å². The summed E-state index contributed by atoms with van der Waals surface area (Å²) < 4.78 is 11.3. The molecule has 1 aliphatic rings. The zero-order valence-corrected chi connectivity index (χ0v) is 18.0. The predicted molar refractivity (Wildman–Crippen MR) is 117 cm³/mol. The molecular weight excluding hydrogens is 394 g/mol. The third-order valence-corrected chi connectivity index (χ3v) is 5.36. The number of amides is 1. The van der Waals surface area contributed by atoms with Gasteiger partial charge in [-0.25, -0.2) is 0 Å². The summed E-state index contributed by atoms with van der Waals surface area (Å²) in [6.07, 6.45) is 0. The van der Waals surface area contributed by atoms with Gasteiger partial charge in [-0.15, -0.1) is 0 Å². The summed E-state index contributed by atoms with van der Waals surface area (Å²) in [5.41, 5.74) is 1.75. The number of fused-ring (bicyclic) bond motifs is 1. The predicted octanol–water partition coefficient (Wildman–Crippen LogP) is 3.15. The van der Waals surface area contributed by atoms with Gasteiger partial charge in [-0.1, -0.05) is 41.6 Å². The van der Waals surface area contributed by atoms with Gasteiger partial charge in [0.1, 0.15) is 12.4 Å². The van der Waals surface area contributed by atoms with Gasteiger partial charge in [0.2, 0.25) is 0 Å². The van der Waals surface area contributed by atoms with Crippen LogP contribution >= 0.6 is 0 Å². The molecule has 4 rings (SSSR count). The number of hydrogen-bond donors (Lipinski definition) is 1. The highest BCUT2D eigenvalue weighted by molar-refractivity contribution is 5.93. The second kappa shape index (κ2) is 8.53. The van der Waals surface area contributed by atoms with E-state index in [4.69, 9.17) is 9.26 Å². The lowest BCUT2D eigenvalue weighted by molar-refractivity contribution is 0.0299. The summed E-state index contributed by atoms with van der Waals surface area (Å²) in [7, 11) is 3.84. The number of aliphatic hydroxyl groups is 1. The Balaban J connectivity index is 1.56. The zero-order chi connectivity index (χ0) is 22.0. The molecule has 0 fully saturated rings. The van der Waals surface area contributed by atoms with Gasteiger partial charge in [0, 0.05) is 30.3 Å². The first kappa shape index (κ1) is 21.1. The molecule has 1 aliphatic heterocycles. The van der Waals surface area contributed by atoms with Crippen molar-refractivity contribution < 1.29 is 19.2 Å². The average Bonchev–Trinajstić information content (AvgIpc) is 3.13. The first-order valence-corrected chi connectivity index (χ1v) is 10.3. The zero-order valence-electron chi connectivity index (χ0n) is 18.0. The Labute approximate surface area is 181 Å². The number of ether oxygens (including phenoxy) is 1. The molecule has 2 heterocycles. The van der Waals surface area contributed by atoms with Crippen LogP contribution in [0.1, 0.15) is 28.5 Å². The molecule has 0 radical (unpaired) electrons. The third kappa shape index (κ3) is 4.62. The second-order valence-electron chi connectivity index (χ2n) is 8.35. The third-order valence-electron chi connectivity index (χ3n) is 5.36. The molecule has 1 amide bonds. The van der Waals surface area contributed by atoms with Gasteiger partial charge in [-0.05, 0) is 38.7 Å². The number of rotatable bonds is 5. The number of nitrogens with zero attached hydrogens (tertiary/aromatic N) is 3. The monoisotopic (exact) mass is 421 g/mol. The van der Waals surface area contributed by atoms with E-state index in [1.807, 2.05) is 67.5 Å². The van der Waals surface area contributed by atoms with Gasteiger partial charge in [0.25, 0.3) is 5.91 Å². The van der Waals surface area contributed by atoms with Crippen LogP contribution < -0.4 is 4.74 Å². The Kier molecular flexibility index (Phi) is 5.80. The first-order valence-electron chi connectivity index (χ1n) is 10.3. The van der Waals surface area contributed by atoms with E-state index >= 15 is 0 Å². The summed E-state index contributed by atoms with van der Waals surface area (Å²) >= 11 is 0. The van der Waals surface area contributed by atoms with Crippen molar-refractivity contribution in [1.29, 1.82) is 0 Å². The van der Waals surface area contributed by atoms with E-state index in [0.29, 0.717) is 32.0 Å². The Bertz CT molecular complexity index is 1060. The first-order chi connectivity index (χ1) is 14.8. The van der Waals surface area contributed by atoms with E-state index in [-0.39, 0.29) is 11.6 Å². The second-order valence-corrected chi connectivity index (χ2v) is 8.35. The summed E-state index contributed by atoms with van der Waals surface area (Å²) in [6.45, 7) is 3.46. The minimum Gasteiger partial charge on any atom is -0.491 e. The highest BCUT2D eigenvalue weighted by Crippen LogP contribution is 2.30. The fourth-order valence-electron chi connectivity index (χ4n) is 3.89. The summed E-state index contributed by atoms with van der Waals surface area (Å²) in [5, 5.41) is 14.9. The van der Waals surface area contributed by atoms with Crippen molar-refractivity contribution in [2.24, 2.45) is 0 Å². The van der Waals surface area contributed by atoms with Crippen molar-refractivity contribution in [2.75, 3.05) is 33.8 Å². The lowest BCUT2D eigenvalue weighted by Gasteiger charge is -2.28. The van der Waals surface area contributed by atoms with Crippen molar-refractivity contribution in [1.82, 2.24) is 15.0 Å². The maximum atomic E-state index is 13.1. The maximum Gasteiger partial charge on any atom is 0.276 e. The van der Waals surface area contributed by atoms with Crippen LogP contribution in [0.15, 0.2) is 59.1 Å². The van der Waals surface area contributed by atoms with Gasteiger partial charge in [0.15, 0.2) is 11.5 Å². The molecule has 0 spiro atoms. The van der Waals surface area contributed by atoms with Crippen molar-refractivity contribution in [3.05, 3.63) is 71.4 Å². The van der Waals surface area contributed by atoms with Gasteiger partial charge in [-0.3, -0.25) is 4.79 Å². The van der Waals surface area contributed by atoms with Gasteiger partial charge in [-0.2, -0.15) is 0 Å². The number of likely N-dealkylation sites (N-methyl/N-ethyl adjacent to an activating group) is 1. The number of carbonyl (C=O) groups excluding carboxylic acids is 1. The molecule has 2 aromatic carbocycles. The van der Waals surface area contributed by atoms with E-state index in [1.165, 1.54) is 0 Å². The van der Waals surface area contributed by atoms with Crippen LogP contribution in [0, 0.1) is 0 Å². The molecule has 0 saturated heterocycles. The smallest absolute Gasteiger partial charge is 0.276 e. The van der Waals surface area contributed by atoms with E-state index < -0.39 is 5.60 Å². The fraction of sp³-hybridized carbons (Fsp3) is 0.333. The summed E-state index contributed by atoms with van der Waals surface area (Å²) in [5.74, 6) is 1.06. The van der Waals surface area contributed by atoms with E-state index in [0.717, 1.165) is 22.4 Å². The van der Waals surface area contributed by atoms with Crippen LogP contribution in [0.25, 0.3) is 11.3 Å². The number of aromatic nitrogens is 1. The SMILES string of the molecule is CN(C)CC(C)(O)c1ccc2c(c1)CN(C(=O)c1cc(-c3ccccc3)on1)CCO2. The maximum absolute atomic E-state index is 13.1. The molecule has 0 aliphatic carbocycles. The lowest BCUT2D eigenvalue weighted by Crippen LogP contribution is -2.35.